The molecule has 3 heterocycles. The highest BCUT2D eigenvalue weighted by Gasteiger charge is 2.54. The van der Waals surface area contributed by atoms with Crippen LogP contribution < -0.4 is 5.32 Å². The Balaban J connectivity index is 1.68. The fourth-order valence-electron chi connectivity index (χ4n) is 2.38. The predicted octanol–water partition coefficient (Wildman–Crippen LogP) is 1.23. The topological polar surface area (TPSA) is 86.7 Å². The minimum absolute atomic E-state index is 0.144. The SMILES string of the molecule is O=C(Cc1cccs1)NC1C(=O)N2C(C(=O)O)=C(Cl)CS[C@H]12. The number of hydrogen-bond acceptors (Lipinski definition) is 5. The Hall–Kier alpha value is -1.51. The monoisotopic (exact) mass is 358 g/mol. The van der Waals surface area contributed by atoms with Crippen LogP contribution in [0.25, 0.3) is 0 Å². The molecule has 0 spiro atoms. The molecule has 116 valence electrons. The van der Waals surface area contributed by atoms with Gasteiger partial charge in [0.2, 0.25) is 5.91 Å². The smallest absolute Gasteiger partial charge is 0.353 e. The normalized spacial score (nSPS) is 23.9. The molecular formula is C13H11ClN2O4S2. The standard InChI is InChI=1S/C13H11ClN2O4S2/c14-7-5-22-12-9(11(18)16(12)10(7)13(19)20)15-8(17)4-6-2-1-3-21-6/h1-3,9,12H,4-5H2,(H,15,17)(H,19,20)/t9?,12-/m1/s1. The molecule has 0 saturated carbocycles. The maximum atomic E-state index is 12.1. The molecule has 2 atom stereocenters. The van der Waals surface area contributed by atoms with Gasteiger partial charge < -0.3 is 10.4 Å². The molecule has 0 aliphatic carbocycles. The number of amides is 2. The predicted molar refractivity (Wildman–Crippen MR) is 83.6 cm³/mol. The molecular weight excluding hydrogens is 348 g/mol. The summed E-state index contributed by atoms with van der Waals surface area (Å²) in [5, 5.41) is 13.4. The van der Waals surface area contributed by atoms with Crippen LogP contribution in [0.5, 0.6) is 0 Å². The third kappa shape index (κ3) is 2.62. The Bertz CT molecular complexity index is 674. The number of halogens is 1. The highest BCUT2D eigenvalue weighted by atomic mass is 35.5. The van der Waals surface area contributed by atoms with Crippen molar-refractivity contribution in [1.82, 2.24) is 10.2 Å². The van der Waals surface area contributed by atoms with E-state index < -0.39 is 23.3 Å². The molecule has 2 aliphatic rings. The second-order valence-electron chi connectivity index (χ2n) is 4.77. The van der Waals surface area contributed by atoms with Gasteiger partial charge in [0.25, 0.3) is 5.91 Å². The lowest BCUT2D eigenvalue weighted by molar-refractivity contribution is -0.150. The number of thioether (sulfide) groups is 1. The lowest BCUT2D eigenvalue weighted by Crippen LogP contribution is -2.70. The second kappa shape index (κ2) is 5.94. The van der Waals surface area contributed by atoms with E-state index in [0.29, 0.717) is 5.75 Å². The van der Waals surface area contributed by atoms with Crippen LogP contribution in [0.4, 0.5) is 0 Å². The lowest BCUT2D eigenvalue weighted by atomic mass is 10.0. The fraction of sp³-hybridized carbons (Fsp3) is 0.308. The summed E-state index contributed by atoms with van der Waals surface area (Å²) in [4.78, 5) is 37.4. The van der Waals surface area contributed by atoms with E-state index in [1.54, 1.807) is 0 Å². The molecule has 9 heteroatoms. The van der Waals surface area contributed by atoms with Crippen LogP contribution in [0.2, 0.25) is 0 Å². The molecule has 1 aromatic heterocycles. The summed E-state index contributed by atoms with van der Waals surface area (Å²) in [6, 6.07) is 3.00. The number of hydrogen-bond donors (Lipinski definition) is 2. The summed E-state index contributed by atoms with van der Waals surface area (Å²) >= 11 is 8.70. The average molecular weight is 359 g/mol. The van der Waals surface area contributed by atoms with Gasteiger partial charge in [-0.15, -0.1) is 23.1 Å². The van der Waals surface area contributed by atoms with E-state index in [1.165, 1.54) is 23.1 Å². The van der Waals surface area contributed by atoms with Crippen LogP contribution in [0.15, 0.2) is 28.2 Å². The van der Waals surface area contributed by atoms with Crippen LogP contribution in [-0.2, 0) is 20.8 Å². The molecule has 0 bridgehead atoms. The van der Waals surface area contributed by atoms with Gasteiger partial charge in [-0.1, -0.05) is 17.7 Å². The number of carbonyl (C=O) groups is 3. The Labute approximate surface area is 139 Å². The molecule has 1 aromatic rings. The number of nitrogens with one attached hydrogen (secondary N) is 1. The molecule has 1 fully saturated rings. The molecule has 2 amide bonds. The Kier molecular flexibility index (Phi) is 4.16. The minimum Gasteiger partial charge on any atom is -0.477 e. The summed E-state index contributed by atoms with van der Waals surface area (Å²) in [7, 11) is 0. The van der Waals surface area contributed by atoms with Crippen LogP contribution in [0.1, 0.15) is 4.88 Å². The Morgan fingerprint density at radius 2 is 2.27 bits per heavy atom. The molecule has 0 radical (unpaired) electrons. The van der Waals surface area contributed by atoms with Crippen molar-refractivity contribution in [3.8, 4) is 0 Å². The first-order chi connectivity index (χ1) is 10.5. The first-order valence-corrected chi connectivity index (χ1v) is 8.68. The van der Waals surface area contributed by atoms with Gasteiger partial charge in [-0.3, -0.25) is 14.5 Å². The van der Waals surface area contributed by atoms with E-state index in [-0.39, 0.29) is 23.1 Å². The van der Waals surface area contributed by atoms with E-state index >= 15 is 0 Å². The van der Waals surface area contributed by atoms with Crippen LogP contribution in [-0.4, -0.2) is 45.0 Å². The maximum Gasteiger partial charge on any atom is 0.353 e. The van der Waals surface area contributed by atoms with Crippen LogP contribution in [0.3, 0.4) is 0 Å². The van der Waals surface area contributed by atoms with Crippen molar-refractivity contribution in [3.63, 3.8) is 0 Å². The number of rotatable bonds is 4. The van der Waals surface area contributed by atoms with Gasteiger partial charge in [0.15, 0.2) is 0 Å². The highest BCUT2D eigenvalue weighted by Crippen LogP contribution is 2.41. The van der Waals surface area contributed by atoms with Crippen molar-refractivity contribution in [1.29, 1.82) is 0 Å². The van der Waals surface area contributed by atoms with E-state index in [1.807, 2.05) is 17.5 Å². The third-order valence-corrected chi connectivity index (χ3v) is 5.98. The summed E-state index contributed by atoms with van der Waals surface area (Å²) < 4.78 is 0. The van der Waals surface area contributed by atoms with Gasteiger partial charge in [-0.05, 0) is 11.4 Å². The Morgan fingerprint density at radius 1 is 1.50 bits per heavy atom. The number of carboxylic acid groups (broad SMARTS) is 1. The summed E-state index contributed by atoms with van der Waals surface area (Å²) in [5.41, 5.74) is -0.181. The fourth-order valence-corrected chi connectivity index (χ4v) is 4.63. The first-order valence-electron chi connectivity index (χ1n) is 6.37. The van der Waals surface area contributed by atoms with Gasteiger partial charge in [0.05, 0.1) is 11.5 Å². The lowest BCUT2D eigenvalue weighted by Gasteiger charge is -2.48. The molecule has 2 N–H and O–H groups in total. The molecule has 3 rings (SSSR count). The van der Waals surface area contributed by atoms with Crippen molar-refractivity contribution in [2.45, 2.75) is 17.8 Å². The van der Waals surface area contributed by atoms with Crippen LogP contribution in [0, 0.1) is 0 Å². The van der Waals surface area contributed by atoms with Gasteiger partial charge in [0.1, 0.15) is 17.1 Å². The summed E-state index contributed by atoms with van der Waals surface area (Å²) in [5.74, 6) is -1.60. The zero-order chi connectivity index (χ0) is 15.9. The van der Waals surface area contributed by atoms with Gasteiger partial charge in [-0.2, -0.15) is 0 Å². The molecule has 1 unspecified atom stereocenters. The number of β-lactam (4-membered cyclic amide) rings is 1. The zero-order valence-electron chi connectivity index (χ0n) is 11.1. The zero-order valence-corrected chi connectivity index (χ0v) is 13.5. The largest absolute Gasteiger partial charge is 0.477 e. The van der Waals surface area contributed by atoms with Gasteiger partial charge in [0, 0.05) is 10.6 Å². The molecule has 2 aliphatic heterocycles. The minimum atomic E-state index is -1.23. The maximum absolute atomic E-state index is 12.1. The van der Waals surface area contributed by atoms with Crippen molar-refractivity contribution in [3.05, 3.63) is 33.1 Å². The molecule has 22 heavy (non-hydrogen) atoms. The summed E-state index contributed by atoms with van der Waals surface area (Å²) in [6.07, 6.45) is 0.210. The van der Waals surface area contributed by atoms with E-state index in [2.05, 4.69) is 5.32 Å². The van der Waals surface area contributed by atoms with E-state index in [9.17, 15) is 14.4 Å². The number of carbonyl (C=O) groups excluding carboxylic acids is 2. The van der Waals surface area contributed by atoms with E-state index in [4.69, 9.17) is 16.7 Å². The summed E-state index contributed by atoms with van der Waals surface area (Å²) in [6.45, 7) is 0. The number of fused-ring (bicyclic) bond motifs is 1. The number of nitrogens with zero attached hydrogens (tertiary/aromatic N) is 1. The van der Waals surface area contributed by atoms with Crippen molar-refractivity contribution in [2.24, 2.45) is 0 Å². The van der Waals surface area contributed by atoms with Gasteiger partial charge >= 0.3 is 5.97 Å². The van der Waals surface area contributed by atoms with Crippen molar-refractivity contribution in [2.75, 3.05) is 5.75 Å². The third-order valence-electron chi connectivity index (χ3n) is 3.36. The second-order valence-corrected chi connectivity index (χ2v) is 7.36. The number of carboxylic acids is 1. The highest BCUT2D eigenvalue weighted by molar-refractivity contribution is 8.00. The van der Waals surface area contributed by atoms with Crippen molar-refractivity contribution < 1.29 is 19.5 Å². The first kappa shape index (κ1) is 15.4. The quantitative estimate of drug-likeness (QED) is 0.790. The molecule has 6 nitrogen and oxygen atoms in total. The van der Waals surface area contributed by atoms with Gasteiger partial charge in [-0.25, -0.2) is 4.79 Å². The average Bonchev–Trinajstić information content (AvgIpc) is 2.97. The number of thiophene rings is 1. The Morgan fingerprint density at radius 3 is 2.91 bits per heavy atom. The number of aliphatic carboxylic acids is 1. The van der Waals surface area contributed by atoms with Crippen molar-refractivity contribution >= 4 is 52.5 Å². The van der Waals surface area contributed by atoms with Crippen LogP contribution >= 0.6 is 34.7 Å². The molecule has 0 aromatic carbocycles. The van der Waals surface area contributed by atoms with E-state index in [0.717, 1.165) is 9.78 Å². The molecule has 1 saturated heterocycles.